The Morgan fingerprint density at radius 3 is 2.07 bits per heavy atom. The van der Waals surface area contributed by atoms with E-state index in [4.69, 9.17) is 0 Å². The summed E-state index contributed by atoms with van der Waals surface area (Å²) in [4.78, 5) is 0. The van der Waals surface area contributed by atoms with Crippen LogP contribution in [0, 0.1) is 11.3 Å². The van der Waals surface area contributed by atoms with Crippen molar-refractivity contribution < 1.29 is 0 Å². The Morgan fingerprint density at radius 1 is 1.07 bits per heavy atom. The Hall–Kier alpha value is -0.0400. The minimum absolute atomic E-state index is 0.637. The third-order valence-corrected chi connectivity index (χ3v) is 3.39. The molecule has 1 rings (SSSR count). The van der Waals surface area contributed by atoms with Crippen LogP contribution in [0.2, 0.25) is 0 Å². The summed E-state index contributed by atoms with van der Waals surface area (Å²) in [6.07, 6.45) is 7.21. The van der Waals surface area contributed by atoms with Gasteiger partial charge in [0.15, 0.2) is 0 Å². The molecule has 1 fully saturated rings. The molecule has 0 aromatic rings. The summed E-state index contributed by atoms with van der Waals surface area (Å²) in [6, 6.07) is 0.639. The predicted octanol–water partition coefficient (Wildman–Crippen LogP) is 3.59. The summed E-state index contributed by atoms with van der Waals surface area (Å²) < 4.78 is 0. The van der Waals surface area contributed by atoms with Gasteiger partial charge in [-0.15, -0.1) is 0 Å². The number of rotatable bonds is 5. The van der Waals surface area contributed by atoms with Crippen LogP contribution in [-0.4, -0.2) is 12.6 Å². The van der Waals surface area contributed by atoms with Crippen molar-refractivity contribution >= 4 is 0 Å². The van der Waals surface area contributed by atoms with Gasteiger partial charge in [0.25, 0.3) is 0 Å². The fourth-order valence-corrected chi connectivity index (χ4v) is 2.86. The molecule has 0 bridgehead atoms. The summed E-state index contributed by atoms with van der Waals surface area (Å²) in [6.45, 7) is 10.4. The molecule has 0 spiro atoms. The van der Waals surface area contributed by atoms with E-state index < -0.39 is 0 Å². The first-order chi connectivity index (χ1) is 6.54. The monoisotopic (exact) mass is 197 g/mol. The van der Waals surface area contributed by atoms with Crippen molar-refractivity contribution in [2.75, 3.05) is 6.54 Å². The first-order valence-electron chi connectivity index (χ1n) is 6.27. The van der Waals surface area contributed by atoms with Crippen LogP contribution < -0.4 is 5.32 Å². The molecule has 1 heteroatoms. The second-order valence-electron chi connectivity index (χ2n) is 5.84. The van der Waals surface area contributed by atoms with Gasteiger partial charge in [-0.2, -0.15) is 0 Å². The topological polar surface area (TPSA) is 12.0 Å². The van der Waals surface area contributed by atoms with Crippen molar-refractivity contribution in [3.05, 3.63) is 0 Å². The molecule has 0 aliphatic heterocycles. The highest BCUT2D eigenvalue weighted by atomic mass is 14.9. The van der Waals surface area contributed by atoms with Crippen LogP contribution in [-0.2, 0) is 0 Å². The molecule has 0 unspecified atom stereocenters. The summed E-state index contributed by atoms with van der Waals surface area (Å²) in [5.74, 6) is 0.849. The molecule has 0 atom stereocenters. The smallest absolute Gasteiger partial charge is 0.00106 e. The summed E-state index contributed by atoms with van der Waals surface area (Å²) in [5, 5.41) is 3.63. The first-order valence-corrected chi connectivity index (χ1v) is 6.27. The van der Waals surface area contributed by atoms with Crippen LogP contribution in [0.1, 0.15) is 59.8 Å². The highest BCUT2D eigenvalue weighted by molar-refractivity contribution is 4.87. The normalized spacial score (nSPS) is 21.0. The van der Waals surface area contributed by atoms with Crippen molar-refractivity contribution in [2.45, 2.75) is 65.8 Å². The van der Waals surface area contributed by atoms with Gasteiger partial charge < -0.3 is 5.32 Å². The number of hydrogen-bond donors (Lipinski definition) is 1. The molecule has 1 N–H and O–H groups in total. The largest absolute Gasteiger partial charge is 0.314 e. The van der Waals surface area contributed by atoms with Crippen LogP contribution >= 0.6 is 0 Å². The molecular weight excluding hydrogens is 170 g/mol. The quantitative estimate of drug-likeness (QED) is 0.710. The van der Waals surface area contributed by atoms with Gasteiger partial charge in [0.1, 0.15) is 0 Å². The molecule has 14 heavy (non-hydrogen) atoms. The van der Waals surface area contributed by atoms with Crippen LogP contribution in [0.4, 0.5) is 0 Å². The minimum Gasteiger partial charge on any atom is -0.314 e. The van der Waals surface area contributed by atoms with E-state index in [0.717, 1.165) is 5.92 Å². The maximum absolute atomic E-state index is 3.63. The molecular formula is C13H27N. The van der Waals surface area contributed by atoms with Crippen molar-refractivity contribution in [3.63, 3.8) is 0 Å². The SMILES string of the molecule is CC(C)CC1(CNC(C)C)CCCC1. The van der Waals surface area contributed by atoms with Crippen LogP contribution in [0.3, 0.4) is 0 Å². The molecule has 1 saturated carbocycles. The van der Waals surface area contributed by atoms with Gasteiger partial charge >= 0.3 is 0 Å². The second kappa shape index (κ2) is 5.16. The zero-order valence-corrected chi connectivity index (χ0v) is 10.4. The van der Waals surface area contributed by atoms with Gasteiger partial charge in [-0.05, 0) is 30.6 Å². The summed E-state index contributed by atoms with van der Waals surface area (Å²) >= 11 is 0. The fraction of sp³-hybridized carbons (Fsp3) is 1.00. The lowest BCUT2D eigenvalue weighted by Crippen LogP contribution is -2.36. The van der Waals surface area contributed by atoms with Crippen LogP contribution in [0.25, 0.3) is 0 Å². The Bertz CT molecular complexity index is 155. The Balaban J connectivity index is 2.44. The van der Waals surface area contributed by atoms with Gasteiger partial charge in [-0.3, -0.25) is 0 Å². The lowest BCUT2D eigenvalue weighted by Gasteiger charge is -2.32. The number of hydrogen-bond acceptors (Lipinski definition) is 1. The third-order valence-electron chi connectivity index (χ3n) is 3.39. The van der Waals surface area contributed by atoms with Crippen molar-refractivity contribution in [2.24, 2.45) is 11.3 Å². The van der Waals surface area contributed by atoms with E-state index in [1.807, 2.05) is 0 Å². The lowest BCUT2D eigenvalue weighted by molar-refractivity contribution is 0.218. The first kappa shape index (κ1) is 12.0. The van der Waals surface area contributed by atoms with E-state index in [0.29, 0.717) is 11.5 Å². The maximum atomic E-state index is 3.63. The molecule has 0 amide bonds. The molecule has 1 nitrogen and oxygen atoms in total. The molecule has 84 valence electrons. The van der Waals surface area contributed by atoms with Crippen LogP contribution in [0.15, 0.2) is 0 Å². The molecule has 0 aromatic carbocycles. The number of nitrogens with one attached hydrogen (secondary N) is 1. The van der Waals surface area contributed by atoms with Crippen LogP contribution in [0.5, 0.6) is 0 Å². The van der Waals surface area contributed by atoms with Crippen molar-refractivity contribution in [1.29, 1.82) is 0 Å². The maximum Gasteiger partial charge on any atom is 0.00106 e. The van der Waals surface area contributed by atoms with Crippen molar-refractivity contribution in [3.8, 4) is 0 Å². The summed E-state index contributed by atoms with van der Waals surface area (Å²) in [5.41, 5.74) is 0.637. The average Bonchev–Trinajstić information content (AvgIpc) is 2.49. The summed E-state index contributed by atoms with van der Waals surface area (Å²) in [7, 11) is 0. The Labute approximate surface area is 89.7 Å². The molecule has 1 aliphatic rings. The highest BCUT2D eigenvalue weighted by Gasteiger charge is 2.33. The van der Waals surface area contributed by atoms with E-state index in [9.17, 15) is 0 Å². The van der Waals surface area contributed by atoms with Crippen molar-refractivity contribution in [1.82, 2.24) is 5.32 Å². The minimum atomic E-state index is 0.637. The highest BCUT2D eigenvalue weighted by Crippen LogP contribution is 2.42. The lowest BCUT2D eigenvalue weighted by atomic mass is 9.78. The van der Waals surface area contributed by atoms with Gasteiger partial charge in [-0.25, -0.2) is 0 Å². The Kier molecular flexibility index (Phi) is 4.43. The predicted molar refractivity (Wildman–Crippen MR) is 63.5 cm³/mol. The molecule has 0 heterocycles. The second-order valence-corrected chi connectivity index (χ2v) is 5.84. The molecule has 1 aliphatic carbocycles. The average molecular weight is 197 g/mol. The molecule has 0 saturated heterocycles. The fourth-order valence-electron chi connectivity index (χ4n) is 2.86. The van der Waals surface area contributed by atoms with Gasteiger partial charge in [-0.1, -0.05) is 40.5 Å². The van der Waals surface area contributed by atoms with E-state index in [1.165, 1.54) is 38.6 Å². The molecule has 0 radical (unpaired) electrons. The zero-order chi connectivity index (χ0) is 10.6. The van der Waals surface area contributed by atoms with Gasteiger partial charge in [0.2, 0.25) is 0 Å². The molecule has 0 aromatic heterocycles. The van der Waals surface area contributed by atoms with Gasteiger partial charge in [0.05, 0.1) is 0 Å². The van der Waals surface area contributed by atoms with E-state index >= 15 is 0 Å². The van der Waals surface area contributed by atoms with E-state index in [-0.39, 0.29) is 0 Å². The van der Waals surface area contributed by atoms with E-state index in [1.54, 1.807) is 0 Å². The standard InChI is InChI=1S/C13H27N/c1-11(2)9-13(7-5-6-8-13)10-14-12(3)4/h11-12,14H,5-10H2,1-4H3. The van der Waals surface area contributed by atoms with E-state index in [2.05, 4.69) is 33.0 Å². The third kappa shape index (κ3) is 3.61. The Morgan fingerprint density at radius 2 is 1.64 bits per heavy atom. The zero-order valence-electron chi connectivity index (χ0n) is 10.4. The van der Waals surface area contributed by atoms with Gasteiger partial charge in [0, 0.05) is 12.6 Å².